The Kier molecular flexibility index (Phi) is 2.40. The molecule has 0 aromatic heterocycles. The van der Waals surface area contributed by atoms with Gasteiger partial charge in [-0.05, 0) is 19.9 Å². The molecule has 1 aliphatic heterocycles. The first-order valence-electron chi connectivity index (χ1n) is 3.20. The minimum absolute atomic E-state index is 0.210. The van der Waals surface area contributed by atoms with Crippen molar-refractivity contribution in [3.05, 3.63) is 0 Å². The van der Waals surface area contributed by atoms with E-state index in [4.69, 9.17) is 0 Å². The molecule has 0 N–H and O–H groups in total. The van der Waals surface area contributed by atoms with E-state index in [-0.39, 0.29) is 8.83 Å². The Morgan fingerprint density at radius 2 is 2.50 bits per heavy atom. The quantitative estimate of drug-likeness (QED) is 0.531. The van der Waals surface area contributed by atoms with Gasteiger partial charge in [0.1, 0.15) is 0 Å². The lowest BCUT2D eigenvalue weighted by Gasteiger charge is -2.37. The lowest BCUT2D eigenvalue weighted by molar-refractivity contribution is 0.429. The fourth-order valence-corrected chi connectivity index (χ4v) is 4.43. The van der Waals surface area contributed by atoms with Crippen LogP contribution < -0.4 is 0 Å². The summed E-state index contributed by atoms with van der Waals surface area (Å²) in [5.41, 5.74) is 0. The van der Waals surface area contributed by atoms with Crippen LogP contribution in [0, 0.1) is 0 Å². The molecule has 0 spiro atoms. The Bertz CT molecular complexity index is 78.8. The second kappa shape index (κ2) is 2.89. The topological polar surface area (TPSA) is 3.24 Å². The second-order valence-corrected chi connectivity index (χ2v) is 6.07. The van der Waals surface area contributed by atoms with Crippen molar-refractivity contribution in [1.82, 2.24) is 4.57 Å². The summed E-state index contributed by atoms with van der Waals surface area (Å²) in [5.74, 6) is 0. The smallest absolute Gasteiger partial charge is 0.161 e. The maximum atomic E-state index is 2.63. The second-order valence-electron chi connectivity index (χ2n) is 2.21. The van der Waals surface area contributed by atoms with Crippen LogP contribution in [0.2, 0.25) is 0 Å². The molecular weight excluding hydrogens is 134 g/mol. The van der Waals surface area contributed by atoms with Crippen molar-refractivity contribution in [2.24, 2.45) is 0 Å². The number of rotatable bonds is 2. The van der Waals surface area contributed by atoms with Gasteiger partial charge in [0.2, 0.25) is 0 Å². The molecule has 1 nitrogen and oxygen atoms in total. The Morgan fingerprint density at radius 1 is 1.75 bits per heavy atom. The summed E-state index contributed by atoms with van der Waals surface area (Å²) in [6.07, 6.45) is 1.33. The van der Waals surface area contributed by atoms with Crippen molar-refractivity contribution in [3.8, 4) is 0 Å². The van der Waals surface area contributed by atoms with Gasteiger partial charge >= 0.3 is 0 Å². The third kappa shape index (κ3) is 1.27. The Morgan fingerprint density at radius 3 is 2.62 bits per heavy atom. The molecule has 0 saturated carbocycles. The minimum Gasteiger partial charge on any atom is -0.310 e. The third-order valence-electron chi connectivity index (χ3n) is 1.51. The molecule has 1 unspecified atom stereocenters. The summed E-state index contributed by atoms with van der Waals surface area (Å²) in [5, 5.41) is 0.863. The molecule has 1 aliphatic rings. The fourth-order valence-electron chi connectivity index (χ4n) is 0.863. The summed E-state index contributed by atoms with van der Waals surface area (Å²) >= 11 is 2.17. The van der Waals surface area contributed by atoms with Gasteiger partial charge in [0.15, 0.2) is 8.83 Å². The third-order valence-corrected chi connectivity index (χ3v) is 6.79. The van der Waals surface area contributed by atoms with Crippen LogP contribution in [0.25, 0.3) is 0 Å². The molecule has 1 atom stereocenters. The molecule has 8 heavy (non-hydrogen) atoms. The van der Waals surface area contributed by atoms with Gasteiger partial charge in [0.25, 0.3) is 0 Å². The van der Waals surface area contributed by atoms with Crippen LogP contribution in [0.5, 0.6) is 0 Å². The average Bonchev–Trinajstić information content (AvgIpc) is 1.79. The molecule has 0 radical (unpaired) electrons. The van der Waals surface area contributed by atoms with Crippen molar-refractivity contribution in [2.75, 3.05) is 6.54 Å². The van der Waals surface area contributed by atoms with E-state index in [1.54, 1.807) is 0 Å². The number of nitrogens with zero attached hydrogens (tertiary/aromatic N) is 1. The van der Waals surface area contributed by atoms with Crippen molar-refractivity contribution < 1.29 is 0 Å². The highest BCUT2D eigenvalue weighted by molar-refractivity contribution is 8.24. The number of hydrogen-bond donors (Lipinski definition) is 0. The lowest BCUT2D eigenvalue weighted by Crippen LogP contribution is -2.43. The van der Waals surface area contributed by atoms with E-state index >= 15 is 0 Å². The van der Waals surface area contributed by atoms with E-state index in [9.17, 15) is 0 Å². The molecule has 1 heterocycles. The summed E-state index contributed by atoms with van der Waals surface area (Å²) in [4.78, 5) is 0. The monoisotopic (exact) mass is 147 g/mol. The largest absolute Gasteiger partial charge is 0.310 e. The van der Waals surface area contributed by atoms with E-state index in [1.165, 1.54) is 13.0 Å². The predicted molar refractivity (Wildman–Crippen MR) is 42.6 cm³/mol. The highest BCUT2D eigenvalue weighted by Crippen LogP contribution is 2.24. The zero-order chi connectivity index (χ0) is 5.98. The van der Waals surface area contributed by atoms with Crippen LogP contribution >= 0.6 is 11.2 Å². The van der Waals surface area contributed by atoms with Crippen molar-refractivity contribution >= 4 is 20.0 Å². The Labute approximate surface area is 57.4 Å². The number of hydrogen-bond acceptors (Lipinski definition) is 2. The molecule has 3 heteroatoms. The van der Waals surface area contributed by atoms with Crippen LogP contribution in [-0.4, -0.2) is 25.3 Å². The highest BCUT2D eigenvalue weighted by Gasteiger charge is 2.22. The van der Waals surface area contributed by atoms with Gasteiger partial charge in [-0.25, -0.2) is 0 Å². The van der Waals surface area contributed by atoms with E-state index in [0.717, 1.165) is 5.37 Å². The van der Waals surface area contributed by atoms with E-state index in [1.807, 2.05) is 0 Å². The Balaban J connectivity index is 2.08. The molecule has 0 aliphatic carbocycles. The van der Waals surface area contributed by atoms with Gasteiger partial charge in [-0.1, -0.05) is 6.92 Å². The zero-order valence-corrected chi connectivity index (χ0v) is 7.78. The summed E-state index contributed by atoms with van der Waals surface area (Å²) in [6, 6.07) is 0. The van der Waals surface area contributed by atoms with Gasteiger partial charge in [-0.2, -0.15) is 11.2 Å². The van der Waals surface area contributed by atoms with Crippen LogP contribution in [-0.2, 0) is 0 Å². The van der Waals surface area contributed by atoms with Gasteiger partial charge in [0.05, 0.1) is 0 Å². The van der Waals surface area contributed by atoms with Crippen molar-refractivity contribution in [3.63, 3.8) is 0 Å². The van der Waals surface area contributed by atoms with Gasteiger partial charge < -0.3 is 4.57 Å². The lowest BCUT2D eigenvalue weighted by atomic mass is 10.5. The fraction of sp³-hybridized carbons (Fsp3) is 1.00. The highest BCUT2D eigenvalue weighted by atomic mass is 32.4. The molecule has 0 amide bonds. The maximum Gasteiger partial charge on any atom is 0.161 e. The van der Waals surface area contributed by atoms with E-state index in [2.05, 4.69) is 29.6 Å². The SMILES string of the molecule is CCCN1[SiH2]SC1C. The van der Waals surface area contributed by atoms with Crippen molar-refractivity contribution in [1.29, 1.82) is 0 Å². The first kappa shape index (κ1) is 6.64. The maximum absolute atomic E-state index is 2.63. The standard InChI is InChI=1S/C5H13NSSi/c1-3-4-6-5(2)7-8-6/h5H,3-4,8H2,1-2H3. The normalized spacial score (nSPS) is 33.0. The predicted octanol–water partition coefficient (Wildman–Crippen LogP) is 0.790. The van der Waals surface area contributed by atoms with E-state index < -0.39 is 0 Å². The molecular formula is C5H13NSSi. The zero-order valence-electron chi connectivity index (χ0n) is 5.55. The van der Waals surface area contributed by atoms with Crippen LogP contribution in [0.3, 0.4) is 0 Å². The van der Waals surface area contributed by atoms with Crippen molar-refractivity contribution in [2.45, 2.75) is 25.6 Å². The Hall–Kier alpha value is 0.527. The average molecular weight is 147 g/mol. The molecule has 0 bridgehead atoms. The molecule has 1 rings (SSSR count). The van der Waals surface area contributed by atoms with Gasteiger partial charge in [-0.15, -0.1) is 0 Å². The van der Waals surface area contributed by atoms with Crippen LogP contribution in [0.4, 0.5) is 0 Å². The van der Waals surface area contributed by atoms with Gasteiger partial charge in [-0.3, -0.25) is 0 Å². The van der Waals surface area contributed by atoms with Crippen LogP contribution in [0.15, 0.2) is 0 Å². The summed E-state index contributed by atoms with van der Waals surface area (Å²) in [6.45, 7) is 5.90. The minimum atomic E-state index is 0.210. The van der Waals surface area contributed by atoms with E-state index in [0.29, 0.717) is 0 Å². The summed E-state index contributed by atoms with van der Waals surface area (Å²) < 4.78 is 2.63. The first-order valence-corrected chi connectivity index (χ1v) is 6.61. The molecule has 1 fully saturated rings. The molecule has 48 valence electrons. The molecule has 0 aromatic carbocycles. The molecule has 1 saturated heterocycles. The summed E-state index contributed by atoms with van der Waals surface area (Å²) in [7, 11) is 0.210. The first-order chi connectivity index (χ1) is 3.84. The molecule has 0 aromatic rings. The van der Waals surface area contributed by atoms with Crippen LogP contribution in [0.1, 0.15) is 20.3 Å². The van der Waals surface area contributed by atoms with Gasteiger partial charge in [0, 0.05) is 5.37 Å².